The molecule has 4 aromatic rings. The minimum Gasteiger partial charge on any atom is -0.481 e. The number of nitrogens with zero attached hydrogens (tertiary/aromatic N) is 3. The van der Waals surface area contributed by atoms with Crippen molar-refractivity contribution in [2.75, 3.05) is 6.54 Å². The molecule has 9 nitrogen and oxygen atoms in total. The number of aliphatic carboxylic acids is 1. The lowest BCUT2D eigenvalue weighted by molar-refractivity contribution is -0.136. The van der Waals surface area contributed by atoms with Gasteiger partial charge >= 0.3 is 5.97 Å². The van der Waals surface area contributed by atoms with Crippen molar-refractivity contribution in [2.45, 2.75) is 13.0 Å². The van der Waals surface area contributed by atoms with Gasteiger partial charge in [0, 0.05) is 35.6 Å². The average Bonchev–Trinajstić information content (AvgIpc) is 3.17. The Labute approximate surface area is 222 Å². The van der Waals surface area contributed by atoms with Crippen LogP contribution in [0.2, 0.25) is 0 Å². The van der Waals surface area contributed by atoms with E-state index < -0.39 is 5.97 Å². The van der Waals surface area contributed by atoms with Gasteiger partial charge < -0.3 is 20.7 Å². The molecular formula is C24H24Br2N6O3. The second kappa shape index (κ2) is 12.2. The van der Waals surface area contributed by atoms with Gasteiger partial charge in [-0.25, -0.2) is 4.98 Å². The van der Waals surface area contributed by atoms with Crippen molar-refractivity contribution >= 4 is 62.7 Å². The second-order valence-electron chi connectivity index (χ2n) is 7.48. The Morgan fingerprint density at radius 1 is 1.06 bits per heavy atom. The molecular weight excluding hydrogens is 580 g/mol. The van der Waals surface area contributed by atoms with Crippen LogP contribution in [-0.4, -0.2) is 43.9 Å². The molecule has 0 bridgehead atoms. The van der Waals surface area contributed by atoms with Crippen LogP contribution < -0.4 is 11.1 Å². The summed E-state index contributed by atoms with van der Waals surface area (Å²) in [6, 6.07) is 16.3. The van der Waals surface area contributed by atoms with Gasteiger partial charge in [-0.05, 0) is 29.8 Å². The van der Waals surface area contributed by atoms with Gasteiger partial charge in [0.25, 0.3) is 5.91 Å². The van der Waals surface area contributed by atoms with Gasteiger partial charge in [0.05, 0.1) is 24.0 Å². The van der Waals surface area contributed by atoms with E-state index in [4.69, 9.17) is 21.2 Å². The molecule has 2 aromatic carbocycles. The molecule has 0 aliphatic carbocycles. The van der Waals surface area contributed by atoms with Gasteiger partial charge in [0.1, 0.15) is 11.7 Å². The van der Waals surface area contributed by atoms with E-state index in [0.29, 0.717) is 29.0 Å². The average molecular weight is 604 g/mol. The summed E-state index contributed by atoms with van der Waals surface area (Å²) in [7, 11) is 0. The van der Waals surface area contributed by atoms with Crippen LogP contribution in [0.15, 0.2) is 67.0 Å². The van der Waals surface area contributed by atoms with Gasteiger partial charge in [-0.15, -0.1) is 34.0 Å². The number of imidazole rings is 1. The Morgan fingerprint density at radius 2 is 1.77 bits per heavy atom. The van der Waals surface area contributed by atoms with Crippen molar-refractivity contribution in [3.05, 3.63) is 83.7 Å². The smallest absolute Gasteiger partial charge is 0.305 e. The van der Waals surface area contributed by atoms with Crippen LogP contribution in [0.3, 0.4) is 0 Å². The lowest BCUT2D eigenvalue weighted by atomic mass is 10.1. The highest BCUT2D eigenvalue weighted by atomic mass is 79.9. The fourth-order valence-electron chi connectivity index (χ4n) is 3.51. The summed E-state index contributed by atoms with van der Waals surface area (Å²) in [5, 5.41) is 19.0. The zero-order valence-corrected chi connectivity index (χ0v) is 21.9. The summed E-state index contributed by atoms with van der Waals surface area (Å²) < 4.78 is 2.04. The molecule has 182 valence electrons. The molecule has 2 heterocycles. The molecule has 0 unspecified atom stereocenters. The molecule has 0 aliphatic heterocycles. The van der Waals surface area contributed by atoms with Gasteiger partial charge in [-0.2, -0.15) is 0 Å². The number of carboxylic acid groups (broad SMARTS) is 1. The maximum absolute atomic E-state index is 12.4. The van der Waals surface area contributed by atoms with E-state index in [0.717, 1.165) is 16.6 Å². The van der Waals surface area contributed by atoms with E-state index in [1.54, 1.807) is 36.7 Å². The summed E-state index contributed by atoms with van der Waals surface area (Å²) >= 11 is 0. The zero-order valence-electron chi connectivity index (χ0n) is 18.5. The minimum atomic E-state index is -0.972. The highest BCUT2D eigenvalue weighted by Gasteiger charge is 2.16. The first-order valence-electron chi connectivity index (χ1n) is 10.3. The first kappa shape index (κ1) is 27.7. The Balaban J connectivity index is 0.00000216. The van der Waals surface area contributed by atoms with Gasteiger partial charge in [0.2, 0.25) is 0 Å². The van der Waals surface area contributed by atoms with Gasteiger partial charge in [0.15, 0.2) is 0 Å². The number of hydrogen-bond donors (Lipinski definition) is 4. The summed E-state index contributed by atoms with van der Waals surface area (Å²) in [6.07, 6.45) is 3.36. The number of halogens is 2. The number of hydrogen-bond acceptors (Lipinski definition) is 5. The van der Waals surface area contributed by atoms with Crippen LogP contribution in [0.5, 0.6) is 0 Å². The monoisotopic (exact) mass is 602 g/mol. The maximum Gasteiger partial charge on any atom is 0.305 e. The number of carboxylic acids is 1. The third kappa shape index (κ3) is 6.52. The van der Waals surface area contributed by atoms with Crippen molar-refractivity contribution in [2.24, 2.45) is 5.73 Å². The van der Waals surface area contributed by atoms with Crippen LogP contribution >= 0.6 is 34.0 Å². The first-order chi connectivity index (χ1) is 15.9. The quantitative estimate of drug-likeness (QED) is 0.178. The molecule has 0 radical (unpaired) electrons. The molecule has 0 saturated carbocycles. The van der Waals surface area contributed by atoms with E-state index in [2.05, 4.69) is 10.3 Å². The lowest BCUT2D eigenvalue weighted by Gasteiger charge is -2.10. The number of aromatic nitrogens is 3. The standard InChI is InChI=1S/C24H22N6O3.2BrH/c25-22(26)16-3-5-17(6-4-16)23-29-19-12-18(24(33)28-11-9-21(31)32)7-8-20(19)30(23)14-15-2-1-10-27-13-15;;/h1-8,10,12-13H,9,11,14H2,(H3,25,26)(H,28,33)(H,31,32);2*1H. The number of carbonyl (C=O) groups is 2. The Morgan fingerprint density at radius 3 is 2.40 bits per heavy atom. The highest BCUT2D eigenvalue weighted by molar-refractivity contribution is 8.93. The van der Waals surface area contributed by atoms with E-state index in [1.165, 1.54) is 0 Å². The van der Waals surface area contributed by atoms with E-state index >= 15 is 0 Å². The molecule has 0 atom stereocenters. The third-order valence-electron chi connectivity index (χ3n) is 5.15. The predicted octanol–water partition coefficient (Wildman–Crippen LogP) is 3.79. The van der Waals surface area contributed by atoms with E-state index in [-0.39, 0.29) is 58.7 Å². The van der Waals surface area contributed by atoms with E-state index in [1.807, 2.05) is 34.9 Å². The van der Waals surface area contributed by atoms with Crippen LogP contribution in [0.25, 0.3) is 22.4 Å². The number of fused-ring (bicyclic) bond motifs is 1. The molecule has 0 saturated heterocycles. The number of amidine groups is 1. The van der Waals surface area contributed by atoms with Crippen LogP contribution in [0.4, 0.5) is 0 Å². The number of nitrogens with two attached hydrogens (primary N) is 1. The number of pyridine rings is 1. The number of amides is 1. The van der Waals surface area contributed by atoms with Crippen LogP contribution in [0, 0.1) is 5.41 Å². The molecule has 0 fully saturated rings. The SMILES string of the molecule is Br.Br.N=C(N)c1ccc(-c2nc3cc(C(=O)NCCC(=O)O)ccc3n2Cc2cccnc2)cc1. The Hall–Kier alpha value is -3.57. The number of nitrogen functional groups attached to an aromatic ring is 1. The molecule has 5 N–H and O–H groups in total. The van der Waals surface area contributed by atoms with E-state index in [9.17, 15) is 9.59 Å². The van der Waals surface area contributed by atoms with Gasteiger partial charge in [-0.3, -0.25) is 20.0 Å². The molecule has 35 heavy (non-hydrogen) atoms. The number of rotatable bonds is 8. The third-order valence-corrected chi connectivity index (χ3v) is 5.15. The summed E-state index contributed by atoms with van der Waals surface area (Å²) in [4.78, 5) is 32.1. The fraction of sp³-hybridized carbons (Fsp3) is 0.125. The van der Waals surface area contributed by atoms with Crippen LogP contribution in [0.1, 0.15) is 27.9 Å². The number of benzene rings is 2. The molecule has 11 heteroatoms. The normalized spacial score (nSPS) is 10.2. The Bertz CT molecular complexity index is 1340. The second-order valence-corrected chi connectivity index (χ2v) is 7.48. The largest absolute Gasteiger partial charge is 0.481 e. The topological polar surface area (TPSA) is 147 Å². The number of carbonyl (C=O) groups excluding carboxylic acids is 1. The zero-order chi connectivity index (χ0) is 23.4. The summed E-state index contributed by atoms with van der Waals surface area (Å²) in [5.41, 5.74) is 9.91. The lowest BCUT2D eigenvalue weighted by Crippen LogP contribution is -2.25. The van der Waals surface area contributed by atoms with Crippen molar-refractivity contribution in [3.63, 3.8) is 0 Å². The van der Waals surface area contributed by atoms with Crippen LogP contribution in [-0.2, 0) is 11.3 Å². The Kier molecular flexibility index (Phi) is 9.67. The van der Waals surface area contributed by atoms with Crippen molar-refractivity contribution in [1.29, 1.82) is 5.41 Å². The van der Waals surface area contributed by atoms with Crippen molar-refractivity contribution < 1.29 is 14.7 Å². The first-order valence-corrected chi connectivity index (χ1v) is 10.3. The number of nitrogens with one attached hydrogen (secondary N) is 2. The van der Waals surface area contributed by atoms with Crippen molar-refractivity contribution in [1.82, 2.24) is 19.9 Å². The molecule has 1 amide bonds. The van der Waals surface area contributed by atoms with Crippen molar-refractivity contribution in [3.8, 4) is 11.4 Å². The minimum absolute atomic E-state index is 0. The fourth-order valence-corrected chi connectivity index (χ4v) is 3.51. The molecule has 4 rings (SSSR count). The summed E-state index contributed by atoms with van der Waals surface area (Å²) in [6.45, 7) is 0.577. The van der Waals surface area contributed by atoms with Gasteiger partial charge in [-0.1, -0.05) is 30.3 Å². The molecule has 2 aromatic heterocycles. The molecule has 0 spiro atoms. The predicted molar refractivity (Wildman–Crippen MR) is 145 cm³/mol. The summed E-state index contributed by atoms with van der Waals surface area (Å²) in [5.74, 6) is -0.635. The maximum atomic E-state index is 12.4. The highest BCUT2D eigenvalue weighted by Crippen LogP contribution is 2.27. The molecule has 0 aliphatic rings.